The van der Waals surface area contributed by atoms with E-state index in [4.69, 9.17) is 0 Å². The Labute approximate surface area is 352 Å². The highest BCUT2D eigenvalue weighted by atomic mass is 15.1. The molecule has 0 amide bonds. The lowest BCUT2D eigenvalue weighted by Gasteiger charge is -2.36. The van der Waals surface area contributed by atoms with Gasteiger partial charge in [-0.2, -0.15) is 0 Å². The second-order valence-corrected chi connectivity index (χ2v) is 15.6. The maximum absolute atomic E-state index is 2.49. The van der Waals surface area contributed by atoms with Crippen molar-refractivity contribution >= 4 is 27.8 Å². The van der Waals surface area contributed by atoms with E-state index in [0.29, 0.717) is 0 Å². The summed E-state index contributed by atoms with van der Waals surface area (Å²) in [5.41, 5.74) is 17.7. The zero-order valence-corrected chi connectivity index (χ0v) is 33.1. The average molecular weight is 764 g/mol. The zero-order valence-electron chi connectivity index (χ0n) is 33.1. The van der Waals surface area contributed by atoms with Gasteiger partial charge in [-0.15, -0.1) is 0 Å². The van der Waals surface area contributed by atoms with Crippen LogP contribution in [0.4, 0.5) is 17.1 Å². The van der Waals surface area contributed by atoms with Gasteiger partial charge in [0.1, 0.15) is 0 Å². The first-order valence-electron chi connectivity index (χ1n) is 20.8. The predicted octanol–water partition coefficient (Wildman–Crippen LogP) is 15.7. The van der Waals surface area contributed by atoms with Crippen molar-refractivity contribution in [3.8, 4) is 44.5 Å². The van der Waals surface area contributed by atoms with E-state index in [-0.39, 0.29) is 0 Å². The molecule has 0 spiro atoms. The Hall–Kier alpha value is -7.74. The summed E-state index contributed by atoms with van der Waals surface area (Å²) in [6, 6.07) is 91.0. The van der Waals surface area contributed by atoms with Crippen LogP contribution >= 0.6 is 0 Å². The van der Waals surface area contributed by atoms with Crippen LogP contribution in [0.2, 0.25) is 0 Å². The largest absolute Gasteiger partial charge is 0.309 e. The minimum atomic E-state index is -0.564. The summed E-state index contributed by atoms with van der Waals surface area (Å²) in [5.74, 6) is 0. The minimum Gasteiger partial charge on any atom is -0.309 e. The predicted molar refractivity (Wildman–Crippen MR) is 252 cm³/mol. The molecular formula is C59H41N. The van der Waals surface area contributed by atoms with Crippen LogP contribution in [0.15, 0.2) is 249 Å². The maximum atomic E-state index is 2.49. The third-order valence-corrected chi connectivity index (χ3v) is 12.3. The molecule has 1 heteroatoms. The fraction of sp³-hybridized carbons (Fsp3) is 0.0169. The molecule has 0 unspecified atom stereocenters. The lowest BCUT2D eigenvalue weighted by molar-refractivity contribution is 0.775. The van der Waals surface area contributed by atoms with Gasteiger partial charge in [-0.25, -0.2) is 0 Å². The molecule has 0 atom stereocenters. The smallest absolute Gasteiger partial charge is 0.0719 e. The number of nitrogens with zero attached hydrogens (tertiary/aromatic N) is 1. The van der Waals surface area contributed by atoms with Crippen molar-refractivity contribution in [2.75, 3.05) is 4.90 Å². The first-order valence-corrected chi connectivity index (χ1v) is 20.8. The van der Waals surface area contributed by atoms with E-state index < -0.39 is 5.41 Å². The van der Waals surface area contributed by atoms with Crippen LogP contribution in [0.5, 0.6) is 0 Å². The van der Waals surface area contributed by atoms with Crippen molar-refractivity contribution in [1.82, 2.24) is 0 Å². The Kier molecular flexibility index (Phi) is 8.79. The van der Waals surface area contributed by atoms with Crippen LogP contribution in [0.25, 0.3) is 55.3 Å². The SMILES string of the molecule is c1ccc(-c2ccc(-c3ccc(N(c4ccccc4)c4c(-c5ccccc5)c5c(c6ccccc46)C(c4ccccc4)(c4ccccc4)c4ccccc4-5)cc3)cc2)cc1. The normalized spacial score (nSPS) is 12.5. The van der Waals surface area contributed by atoms with Crippen LogP contribution in [0.3, 0.4) is 0 Å². The Morgan fingerprint density at radius 3 is 1.25 bits per heavy atom. The highest BCUT2D eigenvalue weighted by molar-refractivity contribution is 6.16. The maximum Gasteiger partial charge on any atom is 0.0719 e. The van der Waals surface area contributed by atoms with E-state index in [2.05, 4.69) is 254 Å². The summed E-state index contributed by atoms with van der Waals surface area (Å²) < 4.78 is 0. The zero-order chi connectivity index (χ0) is 39.9. The molecule has 10 aromatic carbocycles. The summed E-state index contributed by atoms with van der Waals surface area (Å²) >= 11 is 0. The average Bonchev–Trinajstić information content (AvgIpc) is 3.65. The van der Waals surface area contributed by atoms with E-state index in [1.807, 2.05) is 0 Å². The van der Waals surface area contributed by atoms with Crippen molar-refractivity contribution in [2.24, 2.45) is 0 Å². The number of hydrogen-bond donors (Lipinski definition) is 0. The summed E-state index contributed by atoms with van der Waals surface area (Å²) in [5, 5.41) is 2.44. The van der Waals surface area contributed by atoms with Gasteiger partial charge in [0.15, 0.2) is 0 Å². The van der Waals surface area contributed by atoms with Gasteiger partial charge in [-0.3, -0.25) is 0 Å². The number of benzene rings is 10. The fourth-order valence-electron chi connectivity index (χ4n) is 9.78. The van der Waals surface area contributed by atoms with Crippen molar-refractivity contribution < 1.29 is 0 Å². The van der Waals surface area contributed by atoms with Gasteiger partial charge in [0.05, 0.1) is 11.1 Å². The van der Waals surface area contributed by atoms with Crippen LogP contribution in [0, 0.1) is 0 Å². The molecule has 0 saturated heterocycles. The highest BCUT2D eigenvalue weighted by Gasteiger charge is 2.49. The third-order valence-electron chi connectivity index (χ3n) is 12.3. The monoisotopic (exact) mass is 763 g/mol. The van der Waals surface area contributed by atoms with Gasteiger partial charge in [0.2, 0.25) is 0 Å². The molecule has 11 rings (SSSR count). The van der Waals surface area contributed by atoms with Gasteiger partial charge in [0.25, 0.3) is 0 Å². The molecule has 1 aliphatic carbocycles. The molecule has 1 aliphatic rings. The molecular weight excluding hydrogens is 723 g/mol. The van der Waals surface area contributed by atoms with Crippen molar-refractivity contribution in [1.29, 1.82) is 0 Å². The lowest BCUT2D eigenvalue weighted by atomic mass is 9.66. The lowest BCUT2D eigenvalue weighted by Crippen LogP contribution is -2.29. The second-order valence-electron chi connectivity index (χ2n) is 15.6. The number of fused-ring (bicyclic) bond motifs is 5. The van der Waals surface area contributed by atoms with Crippen molar-refractivity contribution in [3.63, 3.8) is 0 Å². The molecule has 0 bridgehead atoms. The quantitative estimate of drug-likeness (QED) is 0.149. The molecule has 0 fully saturated rings. The van der Waals surface area contributed by atoms with Gasteiger partial charge >= 0.3 is 0 Å². The second kappa shape index (κ2) is 14.9. The first kappa shape index (κ1) is 35.4. The summed E-state index contributed by atoms with van der Waals surface area (Å²) in [7, 11) is 0. The number of anilines is 3. The van der Waals surface area contributed by atoms with Gasteiger partial charge in [-0.1, -0.05) is 224 Å². The fourth-order valence-corrected chi connectivity index (χ4v) is 9.78. The van der Waals surface area contributed by atoms with E-state index >= 15 is 0 Å². The Bertz CT molecular complexity index is 3050. The molecule has 1 nitrogen and oxygen atoms in total. The van der Waals surface area contributed by atoms with Crippen LogP contribution < -0.4 is 4.90 Å². The highest BCUT2D eigenvalue weighted by Crippen LogP contribution is 2.63. The van der Waals surface area contributed by atoms with Crippen LogP contribution in [-0.4, -0.2) is 0 Å². The number of hydrogen-bond acceptors (Lipinski definition) is 1. The number of rotatable bonds is 8. The molecule has 0 aromatic heterocycles. The molecule has 0 heterocycles. The van der Waals surface area contributed by atoms with Crippen LogP contribution in [0.1, 0.15) is 22.3 Å². The first-order chi connectivity index (χ1) is 29.8. The molecule has 0 N–H and O–H groups in total. The van der Waals surface area contributed by atoms with Crippen LogP contribution in [-0.2, 0) is 5.41 Å². The summed E-state index contributed by atoms with van der Waals surface area (Å²) in [4.78, 5) is 2.49. The Morgan fingerprint density at radius 2 is 0.683 bits per heavy atom. The Balaban J connectivity index is 1.21. The van der Waals surface area contributed by atoms with E-state index in [1.54, 1.807) is 0 Å². The molecule has 10 aromatic rings. The molecule has 60 heavy (non-hydrogen) atoms. The summed E-state index contributed by atoms with van der Waals surface area (Å²) in [6.07, 6.45) is 0. The standard InChI is InChI=1S/C59H41N/c1-6-20-42(21-7-1)43-34-36-44(37-35-43)45-38-40-50(41-39-45)60(49-28-14-5-15-29-49)58-52-31-17-16-30-51(52)57-56(55(58)46-22-8-2-9-23-46)53-32-18-19-33-54(53)59(57,47-24-10-3-11-25-47)48-26-12-4-13-27-48/h1-41H. The van der Waals surface area contributed by atoms with E-state index in [1.165, 1.54) is 77.5 Å². The van der Waals surface area contributed by atoms with E-state index in [9.17, 15) is 0 Å². The Morgan fingerprint density at radius 1 is 0.283 bits per heavy atom. The third kappa shape index (κ3) is 5.70. The molecule has 0 aliphatic heterocycles. The van der Waals surface area contributed by atoms with Gasteiger partial charge in [-0.05, 0) is 90.8 Å². The van der Waals surface area contributed by atoms with Gasteiger partial charge < -0.3 is 4.90 Å². The molecule has 282 valence electrons. The number of para-hydroxylation sites is 1. The van der Waals surface area contributed by atoms with E-state index in [0.717, 1.165) is 17.1 Å². The topological polar surface area (TPSA) is 3.24 Å². The minimum absolute atomic E-state index is 0.564. The molecule has 0 radical (unpaired) electrons. The summed E-state index contributed by atoms with van der Waals surface area (Å²) in [6.45, 7) is 0. The van der Waals surface area contributed by atoms with Crippen molar-refractivity contribution in [3.05, 3.63) is 271 Å². The van der Waals surface area contributed by atoms with Gasteiger partial charge in [0, 0.05) is 22.3 Å². The molecule has 0 saturated carbocycles. The van der Waals surface area contributed by atoms with Crippen molar-refractivity contribution in [2.45, 2.75) is 5.41 Å².